The molecule has 1 aromatic heterocycles. The molecule has 1 N–H and O–H groups in total. The van der Waals surface area contributed by atoms with Crippen molar-refractivity contribution >= 4 is 21.6 Å². The molecule has 0 atom stereocenters. The van der Waals surface area contributed by atoms with Crippen molar-refractivity contribution < 1.29 is 27.1 Å². The Bertz CT molecular complexity index is 1180. The van der Waals surface area contributed by atoms with Gasteiger partial charge in [0.25, 0.3) is 5.91 Å². The molecular formula is C23H24N2O6S. The maximum absolute atomic E-state index is 12.7. The van der Waals surface area contributed by atoms with E-state index in [-0.39, 0.29) is 17.3 Å². The highest BCUT2D eigenvalue weighted by Crippen LogP contribution is 2.21. The molecule has 0 unspecified atom stereocenters. The van der Waals surface area contributed by atoms with E-state index in [2.05, 4.69) is 5.32 Å². The van der Waals surface area contributed by atoms with Gasteiger partial charge in [-0.1, -0.05) is 12.1 Å². The molecule has 3 aromatic rings. The second-order valence-electron chi connectivity index (χ2n) is 7.37. The van der Waals surface area contributed by atoms with Crippen molar-refractivity contribution in [3.05, 3.63) is 77.7 Å². The second kappa shape index (κ2) is 9.56. The van der Waals surface area contributed by atoms with Crippen LogP contribution in [-0.4, -0.2) is 44.9 Å². The summed E-state index contributed by atoms with van der Waals surface area (Å²) >= 11 is 0. The third kappa shape index (κ3) is 5.18. The third-order valence-corrected chi connectivity index (χ3v) is 6.89. The van der Waals surface area contributed by atoms with Gasteiger partial charge in [-0.2, -0.15) is 4.31 Å². The van der Waals surface area contributed by atoms with Crippen LogP contribution in [0.25, 0.3) is 0 Å². The average Bonchev–Trinajstić information content (AvgIpc) is 3.28. The van der Waals surface area contributed by atoms with Crippen molar-refractivity contribution in [2.75, 3.05) is 31.6 Å². The fourth-order valence-electron chi connectivity index (χ4n) is 3.28. The van der Waals surface area contributed by atoms with Crippen molar-refractivity contribution in [3.63, 3.8) is 0 Å². The highest BCUT2D eigenvalue weighted by molar-refractivity contribution is 7.89. The molecule has 0 radical (unpaired) electrons. The largest absolute Gasteiger partial charge is 0.486 e. The minimum atomic E-state index is -3.58. The summed E-state index contributed by atoms with van der Waals surface area (Å²) < 4.78 is 43.2. The molecular weight excluding hydrogens is 432 g/mol. The highest BCUT2D eigenvalue weighted by atomic mass is 32.2. The normalized spacial score (nSPS) is 14.8. The zero-order valence-electron chi connectivity index (χ0n) is 17.6. The summed E-state index contributed by atoms with van der Waals surface area (Å²) in [6, 6.07) is 17.0. The van der Waals surface area contributed by atoms with Gasteiger partial charge in [0.1, 0.15) is 18.1 Å². The van der Waals surface area contributed by atoms with Crippen LogP contribution in [0, 0.1) is 6.92 Å². The molecule has 1 aliphatic rings. The van der Waals surface area contributed by atoms with E-state index in [1.165, 1.54) is 16.4 Å². The number of hydrogen-bond acceptors (Lipinski definition) is 6. The summed E-state index contributed by atoms with van der Waals surface area (Å²) in [7, 11) is -3.58. The van der Waals surface area contributed by atoms with Gasteiger partial charge in [0.05, 0.1) is 18.1 Å². The molecule has 0 spiro atoms. The van der Waals surface area contributed by atoms with E-state index in [9.17, 15) is 13.2 Å². The molecule has 0 aliphatic carbocycles. The number of amides is 1. The number of ether oxygens (including phenoxy) is 2. The first-order valence-electron chi connectivity index (χ1n) is 10.2. The number of rotatable bonds is 7. The number of nitrogens with one attached hydrogen (secondary N) is 1. The fraction of sp³-hybridized carbons (Fsp3) is 0.261. The van der Waals surface area contributed by atoms with Gasteiger partial charge in [0.15, 0.2) is 5.76 Å². The van der Waals surface area contributed by atoms with Crippen LogP contribution in [0.5, 0.6) is 5.75 Å². The predicted molar refractivity (Wildman–Crippen MR) is 118 cm³/mol. The highest BCUT2D eigenvalue weighted by Gasteiger charge is 2.26. The van der Waals surface area contributed by atoms with Gasteiger partial charge in [-0.25, -0.2) is 8.42 Å². The van der Waals surface area contributed by atoms with Crippen molar-refractivity contribution in [2.45, 2.75) is 18.4 Å². The number of carbonyl (C=O) groups excluding carboxylic acids is 1. The number of nitrogens with zero attached hydrogens (tertiary/aromatic N) is 1. The van der Waals surface area contributed by atoms with Crippen LogP contribution < -0.4 is 10.1 Å². The van der Waals surface area contributed by atoms with E-state index < -0.39 is 15.9 Å². The van der Waals surface area contributed by atoms with Gasteiger partial charge < -0.3 is 19.2 Å². The zero-order valence-corrected chi connectivity index (χ0v) is 18.4. The predicted octanol–water partition coefficient (Wildman–Crippen LogP) is 3.44. The number of furan rings is 1. The lowest BCUT2D eigenvalue weighted by Gasteiger charge is -2.26. The quantitative estimate of drug-likeness (QED) is 0.585. The van der Waals surface area contributed by atoms with Crippen LogP contribution in [0.4, 0.5) is 5.69 Å². The van der Waals surface area contributed by atoms with Gasteiger partial charge in [-0.3, -0.25) is 4.79 Å². The minimum Gasteiger partial charge on any atom is -0.486 e. The fourth-order valence-corrected chi connectivity index (χ4v) is 4.68. The monoisotopic (exact) mass is 456 g/mol. The smallest absolute Gasteiger partial charge is 0.291 e. The summed E-state index contributed by atoms with van der Waals surface area (Å²) in [6.45, 7) is 3.60. The van der Waals surface area contributed by atoms with E-state index in [1.807, 2.05) is 31.2 Å². The van der Waals surface area contributed by atoms with Gasteiger partial charge in [-0.15, -0.1) is 0 Å². The van der Waals surface area contributed by atoms with Crippen LogP contribution >= 0.6 is 0 Å². The standard InChI is InChI=1S/C23H24N2O6S/c1-17-3-2-4-19(15-17)30-16-20-7-10-22(31-20)23(26)24-18-5-8-21(9-6-18)32(27,28)25-11-13-29-14-12-25/h2-10,15H,11-14,16H2,1H3,(H,24,26). The Kier molecular flexibility index (Phi) is 6.59. The van der Waals surface area contributed by atoms with E-state index in [1.54, 1.807) is 24.3 Å². The van der Waals surface area contributed by atoms with Gasteiger partial charge in [0, 0.05) is 18.8 Å². The van der Waals surface area contributed by atoms with Crippen LogP contribution in [0.2, 0.25) is 0 Å². The molecule has 32 heavy (non-hydrogen) atoms. The van der Waals surface area contributed by atoms with Crippen LogP contribution in [0.3, 0.4) is 0 Å². The Balaban J connectivity index is 1.36. The van der Waals surface area contributed by atoms with Crippen LogP contribution in [0.15, 0.2) is 70.0 Å². The van der Waals surface area contributed by atoms with E-state index in [0.29, 0.717) is 37.8 Å². The summed E-state index contributed by atoms with van der Waals surface area (Å²) in [5.74, 6) is 0.941. The number of aryl methyl sites for hydroxylation is 1. The number of benzene rings is 2. The molecule has 1 aliphatic heterocycles. The molecule has 0 bridgehead atoms. The Hall–Kier alpha value is -3.14. The van der Waals surface area contributed by atoms with Crippen LogP contribution in [-0.2, 0) is 21.4 Å². The summed E-state index contributed by atoms with van der Waals surface area (Å²) in [5.41, 5.74) is 1.55. The van der Waals surface area contributed by atoms with Crippen molar-refractivity contribution in [1.82, 2.24) is 4.31 Å². The average molecular weight is 457 g/mol. The lowest BCUT2D eigenvalue weighted by atomic mass is 10.2. The molecule has 2 aromatic carbocycles. The zero-order chi connectivity index (χ0) is 22.6. The maximum Gasteiger partial charge on any atom is 0.291 e. The summed E-state index contributed by atoms with van der Waals surface area (Å²) in [5, 5.41) is 2.71. The van der Waals surface area contributed by atoms with Crippen molar-refractivity contribution in [1.29, 1.82) is 0 Å². The third-order valence-electron chi connectivity index (χ3n) is 4.98. The molecule has 8 nitrogen and oxygen atoms in total. The first-order chi connectivity index (χ1) is 15.4. The maximum atomic E-state index is 12.7. The number of hydrogen-bond donors (Lipinski definition) is 1. The molecule has 0 saturated carbocycles. The second-order valence-corrected chi connectivity index (χ2v) is 9.30. The molecule has 9 heteroatoms. The van der Waals surface area contributed by atoms with E-state index >= 15 is 0 Å². The Morgan fingerprint density at radius 2 is 1.81 bits per heavy atom. The number of carbonyl (C=O) groups is 1. The van der Waals surface area contributed by atoms with E-state index in [0.717, 1.165) is 11.3 Å². The van der Waals surface area contributed by atoms with Crippen LogP contribution in [0.1, 0.15) is 21.9 Å². The molecule has 1 fully saturated rings. The SMILES string of the molecule is Cc1cccc(OCc2ccc(C(=O)Nc3ccc(S(=O)(=O)N4CCOCC4)cc3)o2)c1. The van der Waals surface area contributed by atoms with Gasteiger partial charge in [-0.05, 0) is 61.0 Å². The van der Waals surface area contributed by atoms with Gasteiger partial charge in [0.2, 0.25) is 10.0 Å². The first kappa shape index (κ1) is 22.1. The summed E-state index contributed by atoms with van der Waals surface area (Å²) in [4.78, 5) is 12.7. The number of morpholine rings is 1. The Morgan fingerprint density at radius 1 is 1.06 bits per heavy atom. The molecule has 2 heterocycles. The minimum absolute atomic E-state index is 0.137. The molecule has 4 rings (SSSR count). The van der Waals surface area contributed by atoms with Crippen molar-refractivity contribution in [3.8, 4) is 5.75 Å². The lowest BCUT2D eigenvalue weighted by Crippen LogP contribution is -2.40. The lowest BCUT2D eigenvalue weighted by molar-refractivity contribution is 0.0730. The molecule has 1 amide bonds. The summed E-state index contributed by atoms with van der Waals surface area (Å²) in [6.07, 6.45) is 0. The molecule has 1 saturated heterocycles. The molecule has 168 valence electrons. The Labute approximate surface area is 186 Å². The first-order valence-corrected chi connectivity index (χ1v) is 11.6. The van der Waals surface area contributed by atoms with Crippen molar-refractivity contribution in [2.24, 2.45) is 0 Å². The number of sulfonamides is 1. The van der Waals surface area contributed by atoms with Gasteiger partial charge >= 0.3 is 0 Å². The van der Waals surface area contributed by atoms with E-state index in [4.69, 9.17) is 13.9 Å². The topological polar surface area (TPSA) is 98.1 Å². The number of anilines is 1. The Morgan fingerprint density at radius 3 is 2.53 bits per heavy atom.